The Labute approximate surface area is 141 Å². The molecule has 4 rings (SSSR count). The van der Waals surface area contributed by atoms with Gasteiger partial charge in [-0.1, -0.05) is 18.2 Å². The fraction of sp³-hybridized carbons (Fsp3) is 0.235. The molecule has 6 nitrogen and oxygen atoms in total. The molecule has 1 aliphatic heterocycles. The lowest BCUT2D eigenvalue weighted by Gasteiger charge is -2.27. The number of carboxylic acids is 1. The number of aromatic nitrogens is 2. The van der Waals surface area contributed by atoms with Crippen molar-refractivity contribution < 1.29 is 14.7 Å². The first-order valence-electron chi connectivity index (χ1n) is 7.62. The zero-order valence-corrected chi connectivity index (χ0v) is 13.8. The number of fused-ring (bicyclic) bond motifs is 2. The Bertz CT molecular complexity index is 973. The molecule has 0 aliphatic carbocycles. The SMILES string of the molecule is Cc1c(C(=O)N2CCn3nc(C(=O)O)cc3C2)sc2ccccc12. The highest BCUT2D eigenvalue weighted by molar-refractivity contribution is 7.21. The van der Waals surface area contributed by atoms with E-state index in [1.165, 1.54) is 11.3 Å². The summed E-state index contributed by atoms with van der Waals surface area (Å²) in [5, 5.41) is 14.2. The first-order valence-corrected chi connectivity index (χ1v) is 8.43. The molecular weight excluding hydrogens is 326 g/mol. The van der Waals surface area contributed by atoms with Crippen LogP contribution in [0.5, 0.6) is 0 Å². The summed E-state index contributed by atoms with van der Waals surface area (Å²) in [5.74, 6) is -1.05. The molecule has 24 heavy (non-hydrogen) atoms. The second-order valence-electron chi connectivity index (χ2n) is 5.83. The topological polar surface area (TPSA) is 75.4 Å². The molecule has 0 bridgehead atoms. The van der Waals surface area contributed by atoms with Crippen LogP contribution in [0.3, 0.4) is 0 Å². The number of nitrogens with zero attached hydrogens (tertiary/aromatic N) is 3. The maximum Gasteiger partial charge on any atom is 0.356 e. The number of aromatic carboxylic acids is 1. The Hall–Kier alpha value is -2.67. The van der Waals surface area contributed by atoms with Crippen LogP contribution in [-0.2, 0) is 13.1 Å². The highest BCUT2D eigenvalue weighted by Crippen LogP contribution is 2.32. The Morgan fingerprint density at radius 1 is 1.25 bits per heavy atom. The second kappa shape index (κ2) is 5.45. The zero-order chi connectivity index (χ0) is 16.8. The fourth-order valence-electron chi connectivity index (χ4n) is 3.07. The minimum atomic E-state index is -1.05. The van der Waals surface area contributed by atoms with E-state index in [4.69, 9.17) is 5.11 Å². The molecule has 3 heterocycles. The van der Waals surface area contributed by atoms with E-state index in [9.17, 15) is 9.59 Å². The zero-order valence-electron chi connectivity index (χ0n) is 13.0. The third-order valence-electron chi connectivity index (χ3n) is 4.34. The molecule has 1 aliphatic rings. The lowest BCUT2D eigenvalue weighted by atomic mass is 10.1. The first kappa shape index (κ1) is 14.9. The molecular formula is C17H15N3O3S. The van der Waals surface area contributed by atoms with E-state index in [0.717, 1.165) is 26.2 Å². The quantitative estimate of drug-likeness (QED) is 0.778. The highest BCUT2D eigenvalue weighted by atomic mass is 32.1. The van der Waals surface area contributed by atoms with Crippen LogP contribution in [-0.4, -0.2) is 38.2 Å². The largest absolute Gasteiger partial charge is 0.476 e. The molecule has 2 aromatic heterocycles. The summed E-state index contributed by atoms with van der Waals surface area (Å²) in [7, 11) is 0. The van der Waals surface area contributed by atoms with Crippen LogP contribution in [0.25, 0.3) is 10.1 Å². The summed E-state index contributed by atoms with van der Waals surface area (Å²) < 4.78 is 2.78. The fourth-order valence-corrected chi connectivity index (χ4v) is 4.24. The van der Waals surface area contributed by atoms with Crippen molar-refractivity contribution in [3.8, 4) is 0 Å². The Balaban J connectivity index is 1.65. The second-order valence-corrected chi connectivity index (χ2v) is 6.88. The van der Waals surface area contributed by atoms with Gasteiger partial charge in [-0.25, -0.2) is 4.79 Å². The van der Waals surface area contributed by atoms with Gasteiger partial charge in [0.2, 0.25) is 0 Å². The molecule has 122 valence electrons. The number of aryl methyl sites for hydroxylation is 1. The molecule has 0 spiro atoms. The number of carbonyl (C=O) groups is 2. The molecule has 0 atom stereocenters. The minimum Gasteiger partial charge on any atom is -0.476 e. The average Bonchev–Trinajstić information content (AvgIpc) is 3.15. The van der Waals surface area contributed by atoms with Crippen LogP contribution in [0.15, 0.2) is 30.3 Å². The van der Waals surface area contributed by atoms with Gasteiger partial charge < -0.3 is 10.0 Å². The number of carbonyl (C=O) groups excluding carboxylic acids is 1. The standard InChI is InChI=1S/C17H15N3O3S/c1-10-12-4-2-3-5-14(12)24-15(10)16(21)19-6-7-20-11(9-19)8-13(18-20)17(22)23/h2-5,8H,6-7,9H2,1H3,(H,22,23). The summed E-state index contributed by atoms with van der Waals surface area (Å²) in [6.45, 7) is 3.40. The van der Waals surface area contributed by atoms with E-state index in [2.05, 4.69) is 5.10 Å². The molecule has 1 aromatic carbocycles. The third-order valence-corrected chi connectivity index (χ3v) is 5.60. The maximum atomic E-state index is 12.9. The van der Waals surface area contributed by atoms with Crippen molar-refractivity contribution in [1.29, 1.82) is 0 Å². The lowest BCUT2D eigenvalue weighted by Crippen LogP contribution is -2.38. The van der Waals surface area contributed by atoms with Crippen LogP contribution in [0.2, 0.25) is 0 Å². The molecule has 1 N–H and O–H groups in total. The number of hydrogen-bond donors (Lipinski definition) is 1. The number of hydrogen-bond acceptors (Lipinski definition) is 4. The summed E-state index contributed by atoms with van der Waals surface area (Å²) in [5.41, 5.74) is 1.79. The predicted molar refractivity (Wildman–Crippen MR) is 90.5 cm³/mol. The maximum absolute atomic E-state index is 12.9. The van der Waals surface area contributed by atoms with Crippen molar-refractivity contribution in [2.45, 2.75) is 20.0 Å². The predicted octanol–water partition coefficient (Wildman–Crippen LogP) is 2.76. The summed E-state index contributed by atoms with van der Waals surface area (Å²) in [6, 6.07) is 9.54. The van der Waals surface area contributed by atoms with Gasteiger partial charge in [-0.3, -0.25) is 9.48 Å². The molecule has 0 radical (unpaired) electrons. The van der Waals surface area contributed by atoms with Gasteiger partial charge in [0.05, 0.1) is 23.7 Å². The monoisotopic (exact) mass is 341 g/mol. The highest BCUT2D eigenvalue weighted by Gasteiger charge is 2.26. The smallest absolute Gasteiger partial charge is 0.356 e. The van der Waals surface area contributed by atoms with Gasteiger partial charge in [-0.05, 0) is 30.0 Å². The van der Waals surface area contributed by atoms with Crippen LogP contribution in [0, 0.1) is 6.92 Å². The van der Waals surface area contributed by atoms with Crippen LogP contribution >= 0.6 is 11.3 Å². The van der Waals surface area contributed by atoms with Crippen molar-refractivity contribution >= 4 is 33.3 Å². The molecule has 0 saturated heterocycles. The van der Waals surface area contributed by atoms with E-state index in [1.54, 1.807) is 15.6 Å². The van der Waals surface area contributed by atoms with E-state index >= 15 is 0 Å². The first-order chi connectivity index (χ1) is 11.5. The van der Waals surface area contributed by atoms with Crippen molar-refractivity contribution in [3.63, 3.8) is 0 Å². The lowest BCUT2D eigenvalue weighted by molar-refractivity contribution is 0.0681. The molecule has 1 amide bonds. The van der Waals surface area contributed by atoms with Crippen molar-refractivity contribution in [1.82, 2.24) is 14.7 Å². The molecule has 0 unspecified atom stereocenters. The van der Waals surface area contributed by atoms with E-state index in [1.807, 2.05) is 31.2 Å². The number of carboxylic acid groups (broad SMARTS) is 1. The average molecular weight is 341 g/mol. The summed E-state index contributed by atoms with van der Waals surface area (Å²) >= 11 is 1.51. The van der Waals surface area contributed by atoms with Crippen LogP contribution in [0.1, 0.15) is 31.4 Å². The molecule has 0 saturated carbocycles. The minimum absolute atomic E-state index is 0.00183. The summed E-state index contributed by atoms with van der Waals surface area (Å²) in [6.07, 6.45) is 0. The summed E-state index contributed by atoms with van der Waals surface area (Å²) in [4.78, 5) is 26.5. The van der Waals surface area contributed by atoms with Gasteiger partial charge in [0.25, 0.3) is 5.91 Å². The van der Waals surface area contributed by atoms with Crippen molar-refractivity contribution in [3.05, 3.63) is 52.2 Å². The Morgan fingerprint density at radius 2 is 2.04 bits per heavy atom. The van der Waals surface area contributed by atoms with Gasteiger partial charge in [-0.15, -0.1) is 11.3 Å². The molecule has 7 heteroatoms. The van der Waals surface area contributed by atoms with E-state index in [-0.39, 0.29) is 11.6 Å². The normalized spacial score (nSPS) is 14.0. The molecule has 0 fully saturated rings. The Kier molecular flexibility index (Phi) is 3.38. The van der Waals surface area contributed by atoms with Gasteiger partial charge in [0.15, 0.2) is 5.69 Å². The van der Waals surface area contributed by atoms with Gasteiger partial charge in [0, 0.05) is 11.2 Å². The number of rotatable bonds is 2. The molecule has 3 aromatic rings. The van der Waals surface area contributed by atoms with Crippen LogP contribution < -0.4 is 0 Å². The van der Waals surface area contributed by atoms with Gasteiger partial charge in [-0.2, -0.15) is 5.10 Å². The Morgan fingerprint density at radius 3 is 2.79 bits per heavy atom. The third kappa shape index (κ3) is 2.28. The number of thiophene rings is 1. The number of benzene rings is 1. The van der Waals surface area contributed by atoms with Gasteiger partial charge in [0.1, 0.15) is 0 Å². The van der Waals surface area contributed by atoms with E-state index < -0.39 is 5.97 Å². The van der Waals surface area contributed by atoms with Gasteiger partial charge >= 0.3 is 5.97 Å². The van der Waals surface area contributed by atoms with Crippen LogP contribution in [0.4, 0.5) is 0 Å². The van der Waals surface area contributed by atoms with Crippen molar-refractivity contribution in [2.75, 3.05) is 6.54 Å². The number of amides is 1. The van der Waals surface area contributed by atoms with Crippen molar-refractivity contribution in [2.24, 2.45) is 0 Å². The van der Waals surface area contributed by atoms with E-state index in [0.29, 0.717) is 19.6 Å².